The fourth-order valence-electron chi connectivity index (χ4n) is 4.08. The quantitative estimate of drug-likeness (QED) is 0.758. The van der Waals surface area contributed by atoms with Gasteiger partial charge in [-0.15, -0.1) is 10.2 Å². The predicted molar refractivity (Wildman–Crippen MR) is 104 cm³/mol. The molecule has 3 fully saturated rings. The van der Waals surface area contributed by atoms with Crippen molar-refractivity contribution in [3.63, 3.8) is 0 Å². The van der Waals surface area contributed by atoms with E-state index in [9.17, 15) is 4.79 Å². The molecule has 3 aliphatic heterocycles. The largest absolute Gasteiger partial charge is 0.368 e. The number of carbonyl (C=O) groups excluding carboxylic acids is 1. The van der Waals surface area contributed by atoms with Crippen molar-refractivity contribution in [2.24, 2.45) is 0 Å². The van der Waals surface area contributed by atoms with Crippen LogP contribution in [0.3, 0.4) is 0 Å². The molecule has 3 aliphatic rings. The van der Waals surface area contributed by atoms with Crippen LogP contribution in [-0.4, -0.2) is 97.5 Å². The smallest absolute Gasteiger partial charge is 0.251 e. The van der Waals surface area contributed by atoms with E-state index in [1.54, 1.807) is 0 Å². The maximum atomic E-state index is 12.5. The van der Waals surface area contributed by atoms with Crippen molar-refractivity contribution in [3.8, 4) is 0 Å². The Kier molecular flexibility index (Phi) is 5.73. The molecule has 8 heteroatoms. The highest BCUT2D eigenvalue weighted by molar-refractivity contribution is 5.81. The van der Waals surface area contributed by atoms with Crippen molar-refractivity contribution >= 4 is 17.5 Å². The van der Waals surface area contributed by atoms with Gasteiger partial charge in [0.15, 0.2) is 11.6 Å². The Morgan fingerprint density at radius 3 is 2.07 bits per heavy atom. The molecule has 0 N–H and O–H groups in total. The van der Waals surface area contributed by atoms with Gasteiger partial charge in [0.2, 0.25) is 0 Å². The Balaban J connectivity index is 1.29. The lowest BCUT2D eigenvalue weighted by molar-refractivity contribution is -0.141. The molecule has 4 heterocycles. The molecule has 8 nitrogen and oxygen atoms in total. The first-order chi connectivity index (χ1) is 13.2. The molecule has 1 unspecified atom stereocenters. The number of anilines is 2. The first-order valence-corrected chi connectivity index (χ1v) is 10.2. The third-order valence-corrected chi connectivity index (χ3v) is 5.90. The summed E-state index contributed by atoms with van der Waals surface area (Å²) in [6.07, 6.45) is 1.63. The molecule has 0 aromatic carbocycles. The number of aromatic nitrogens is 2. The zero-order chi connectivity index (χ0) is 18.6. The highest BCUT2D eigenvalue weighted by Crippen LogP contribution is 2.20. The maximum Gasteiger partial charge on any atom is 0.251 e. The molecular formula is C19H30N6O2. The molecule has 0 bridgehead atoms. The number of amides is 1. The van der Waals surface area contributed by atoms with Gasteiger partial charge >= 0.3 is 0 Å². The van der Waals surface area contributed by atoms with Gasteiger partial charge in [0.1, 0.15) is 6.10 Å². The number of ether oxygens (including phenoxy) is 1. The number of likely N-dealkylation sites (N-methyl/N-ethyl adjacent to an activating group) is 1. The van der Waals surface area contributed by atoms with Gasteiger partial charge in [-0.3, -0.25) is 4.79 Å². The Morgan fingerprint density at radius 1 is 1.00 bits per heavy atom. The standard InChI is InChI=1S/C19H30N6O2/c1-2-22-7-9-23(10-8-22)17-5-6-18(21-20-17)24-11-13-25(14-12-24)19(26)16-4-3-15-27-16/h5-6,16H,2-4,7-15H2,1H3. The van der Waals surface area contributed by atoms with Gasteiger partial charge in [-0.1, -0.05) is 6.92 Å². The molecule has 148 valence electrons. The summed E-state index contributed by atoms with van der Waals surface area (Å²) >= 11 is 0. The molecule has 0 spiro atoms. The highest BCUT2D eigenvalue weighted by Gasteiger charge is 2.30. The lowest BCUT2D eigenvalue weighted by Crippen LogP contribution is -2.51. The summed E-state index contributed by atoms with van der Waals surface area (Å²) in [5.74, 6) is 2.01. The van der Waals surface area contributed by atoms with Crippen molar-refractivity contribution in [1.29, 1.82) is 0 Å². The third-order valence-electron chi connectivity index (χ3n) is 5.90. The summed E-state index contributed by atoms with van der Waals surface area (Å²) in [5.41, 5.74) is 0. The van der Waals surface area contributed by atoms with Gasteiger partial charge in [-0.25, -0.2) is 0 Å². The number of carbonyl (C=O) groups is 1. The minimum atomic E-state index is -0.219. The lowest BCUT2D eigenvalue weighted by atomic mass is 10.2. The van der Waals surface area contributed by atoms with Crippen LogP contribution in [0.1, 0.15) is 19.8 Å². The molecule has 27 heavy (non-hydrogen) atoms. The summed E-state index contributed by atoms with van der Waals surface area (Å²) in [6, 6.07) is 4.14. The fraction of sp³-hybridized carbons (Fsp3) is 0.737. The third kappa shape index (κ3) is 4.16. The highest BCUT2D eigenvalue weighted by atomic mass is 16.5. The zero-order valence-electron chi connectivity index (χ0n) is 16.2. The van der Waals surface area contributed by atoms with Crippen LogP contribution in [0.4, 0.5) is 11.6 Å². The van der Waals surface area contributed by atoms with Crippen molar-refractivity contribution in [2.45, 2.75) is 25.9 Å². The lowest BCUT2D eigenvalue weighted by Gasteiger charge is -2.36. The van der Waals surface area contributed by atoms with Crippen molar-refractivity contribution in [1.82, 2.24) is 20.0 Å². The minimum Gasteiger partial charge on any atom is -0.368 e. The van der Waals surface area contributed by atoms with E-state index in [2.05, 4.69) is 44.0 Å². The van der Waals surface area contributed by atoms with E-state index in [4.69, 9.17) is 4.74 Å². The Labute approximate surface area is 161 Å². The molecule has 0 aliphatic carbocycles. The van der Waals surface area contributed by atoms with Gasteiger partial charge in [0.05, 0.1) is 0 Å². The second-order valence-electron chi connectivity index (χ2n) is 7.49. The van der Waals surface area contributed by atoms with E-state index in [1.165, 1.54) is 0 Å². The van der Waals surface area contributed by atoms with Gasteiger partial charge in [0.25, 0.3) is 5.91 Å². The fourth-order valence-corrected chi connectivity index (χ4v) is 4.08. The monoisotopic (exact) mass is 374 g/mol. The van der Waals surface area contributed by atoms with Gasteiger partial charge in [0, 0.05) is 59.0 Å². The van der Waals surface area contributed by atoms with E-state index in [0.29, 0.717) is 6.61 Å². The molecule has 4 rings (SSSR count). The Hall–Kier alpha value is -1.93. The number of nitrogens with zero attached hydrogens (tertiary/aromatic N) is 6. The number of piperazine rings is 2. The zero-order valence-corrected chi connectivity index (χ0v) is 16.2. The Morgan fingerprint density at radius 2 is 1.59 bits per heavy atom. The molecule has 0 radical (unpaired) electrons. The molecule has 1 aromatic rings. The molecule has 1 atom stereocenters. The van der Waals surface area contributed by atoms with Crippen LogP contribution in [0.15, 0.2) is 12.1 Å². The molecule has 0 saturated carbocycles. The van der Waals surface area contributed by atoms with E-state index in [0.717, 1.165) is 83.4 Å². The van der Waals surface area contributed by atoms with Crippen LogP contribution in [0.25, 0.3) is 0 Å². The summed E-state index contributed by atoms with van der Waals surface area (Å²) < 4.78 is 5.53. The second kappa shape index (κ2) is 8.39. The van der Waals surface area contributed by atoms with E-state index in [1.807, 2.05) is 4.90 Å². The predicted octanol–water partition coefficient (Wildman–Crippen LogP) is 0.446. The van der Waals surface area contributed by atoms with Crippen molar-refractivity contribution in [3.05, 3.63) is 12.1 Å². The number of hydrogen-bond donors (Lipinski definition) is 0. The van der Waals surface area contributed by atoms with Gasteiger partial charge in [-0.2, -0.15) is 0 Å². The molecule has 3 saturated heterocycles. The number of rotatable bonds is 4. The molecule has 1 amide bonds. The minimum absolute atomic E-state index is 0.153. The maximum absolute atomic E-state index is 12.5. The first-order valence-electron chi connectivity index (χ1n) is 10.2. The first kappa shape index (κ1) is 18.4. The van der Waals surface area contributed by atoms with Crippen LogP contribution in [-0.2, 0) is 9.53 Å². The average molecular weight is 374 g/mol. The SMILES string of the molecule is CCN1CCN(c2ccc(N3CCN(C(=O)C4CCCO4)CC3)nn2)CC1. The normalized spacial score (nSPS) is 24.5. The second-order valence-corrected chi connectivity index (χ2v) is 7.49. The molecular weight excluding hydrogens is 344 g/mol. The Bertz CT molecular complexity index is 618. The summed E-state index contributed by atoms with van der Waals surface area (Å²) in [7, 11) is 0. The molecule has 1 aromatic heterocycles. The summed E-state index contributed by atoms with van der Waals surface area (Å²) in [6.45, 7) is 11.2. The van der Waals surface area contributed by atoms with Crippen molar-refractivity contribution in [2.75, 3.05) is 75.3 Å². The van der Waals surface area contributed by atoms with Crippen LogP contribution in [0.2, 0.25) is 0 Å². The van der Waals surface area contributed by atoms with E-state index >= 15 is 0 Å². The van der Waals surface area contributed by atoms with Crippen LogP contribution >= 0.6 is 0 Å². The number of hydrogen-bond acceptors (Lipinski definition) is 7. The van der Waals surface area contributed by atoms with Crippen LogP contribution < -0.4 is 9.80 Å². The van der Waals surface area contributed by atoms with Crippen LogP contribution in [0, 0.1) is 0 Å². The van der Waals surface area contributed by atoms with Gasteiger partial charge < -0.3 is 24.3 Å². The summed E-state index contributed by atoms with van der Waals surface area (Å²) in [5, 5.41) is 8.92. The average Bonchev–Trinajstić information content (AvgIpc) is 3.28. The topological polar surface area (TPSA) is 65.0 Å². The van der Waals surface area contributed by atoms with Gasteiger partial charge in [-0.05, 0) is 31.5 Å². The summed E-state index contributed by atoms with van der Waals surface area (Å²) in [4.78, 5) is 21.4. The van der Waals surface area contributed by atoms with E-state index in [-0.39, 0.29) is 12.0 Å². The van der Waals surface area contributed by atoms with Crippen LogP contribution in [0.5, 0.6) is 0 Å². The van der Waals surface area contributed by atoms with Crippen molar-refractivity contribution < 1.29 is 9.53 Å². The van der Waals surface area contributed by atoms with E-state index < -0.39 is 0 Å².